The summed E-state index contributed by atoms with van der Waals surface area (Å²) in [4.78, 5) is 14.8. The fourth-order valence-electron chi connectivity index (χ4n) is 2.60. The fourth-order valence-corrected chi connectivity index (χ4v) is 2.60. The molecule has 7 heteroatoms. The lowest BCUT2D eigenvalue weighted by Gasteiger charge is -2.40. The van der Waals surface area contributed by atoms with Gasteiger partial charge in [-0.15, -0.1) is 0 Å². The number of nitrogens with zero attached hydrogens (tertiary/aromatic N) is 2. The van der Waals surface area contributed by atoms with Gasteiger partial charge in [-0.1, -0.05) is 0 Å². The molecule has 2 aliphatic heterocycles. The largest absolute Gasteiger partial charge is 0.447 e. The second-order valence-electron chi connectivity index (χ2n) is 5.18. The van der Waals surface area contributed by atoms with Crippen LogP contribution in [0.25, 0.3) is 0 Å². The molecule has 114 valence electrons. The van der Waals surface area contributed by atoms with E-state index in [1.165, 1.54) is 11.0 Å². The van der Waals surface area contributed by atoms with Gasteiger partial charge in [0.15, 0.2) is 0 Å². The Morgan fingerprint density at radius 3 is 2.86 bits per heavy atom. The number of anilines is 2. The SMILES string of the molecule is COC1CN(c2ccc(N3C(=O)OC[C@H]3CO)cc2F)C1. The van der Waals surface area contributed by atoms with Gasteiger partial charge in [0.1, 0.15) is 12.4 Å². The summed E-state index contributed by atoms with van der Waals surface area (Å²) in [6, 6.07) is 4.12. The molecule has 0 spiro atoms. The molecule has 0 radical (unpaired) electrons. The summed E-state index contributed by atoms with van der Waals surface area (Å²) < 4.78 is 24.3. The van der Waals surface area contributed by atoms with Crippen molar-refractivity contribution in [1.29, 1.82) is 0 Å². The molecule has 0 aliphatic carbocycles. The number of hydrogen-bond donors (Lipinski definition) is 1. The molecule has 21 heavy (non-hydrogen) atoms. The summed E-state index contributed by atoms with van der Waals surface area (Å²) in [5.74, 6) is -0.404. The molecule has 3 rings (SSSR count). The van der Waals surface area contributed by atoms with E-state index in [9.17, 15) is 14.3 Å². The van der Waals surface area contributed by atoms with Crippen molar-refractivity contribution in [2.24, 2.45) is 0 Å². The highest BCUT2D eigenvalue weighted by atomic mass is 19.1. The van der Waals surface area contributed by atoms with Gasteiger partial charge in [0.05, 0.1) is 30.1 Å². The molecule has 2 saturated heterocycles. The monoisotopic (exact) mass is 296 g/mol. The topological polar surface area (TPSA) is 62.2 Å². The molecule has 0 saturated carbocycles. The van der Waals surface area contributed by atoms with E-state index in [1.54, 1.807) is 19.2 Å². The van der Waals surface area contributed by atoms with Crippen LogP contribution in [0.1, 0.15) is 0 Å². The predicted molar refractivity (Wildman–Crippen MR) is 74.1 cm³/mol. The van der Waals surface area contributed by atoms with Crippen LogP contribution in [0.2, 0.25) is 0 Å². The minimum absolute atomic E-state index is 0.111. The highest BCUT2D eigenvalue weighted by molar-refractivity contribution is 5.90. The lowest BCUT2D eigenvalue weighted by molar-refractivity contribution is 0.0784. The van der Waals surface area contributed by atoms with Crippen molar-refractivity contribution in [1.82, 2.24) is 0 Å². The van der Waals surface area contributed by atoms with Gasteiger partial charge in [0.2, 0.25) is 0 Å². The highest BCUT2D eigenvalue weighted by Gasteiger charge is 2.35. The maximum Gasteiger partial charge on any atom is 0.414 e. The molecular formula is C14H17FN2O4. The van der Waals surface area contributed by atoms with E-state index in [2.05, 4.69) is 0 Å². The molecule has 1 amide bonds. The number of ether oxygens (including phenoxy) is 2. The third-order valence-electron chi connectivity index (χ3n) is 3.90. The van der Waals surface area contributed by atoms with Crippen LogP contribution in [-0.4, -0.2) is 56.8 Å². The summed E-state index contributed by atoms with van der Waals surface area (Å²) in [5.41, 5.74) is 0.877. The summed E-state index contributed by atoms with van der Waals surface area (Å²) >= 11 is 0. The van der Waals surface area contributed by atoms with E-state index >= 15 is 0 Å². The van der Waals surface area contributed by atoms with E-state index in [0.717, 1.165) is 0 Å². The Hall–Kier alpha value is -1.86. The molecule has 1 N–H and O–H groups in total. The molecule has 1 aromatic rings. The van der Waals surface area contributed by atoms with Crippen molar-refractivity contribution in [2.45, 2.75) is 12.1 Å². The Bertz CT molecular complexity index is 548. The number of cyclic esters (lactones) is 1. The third kappa shape index (κ3) is 2.43. The first-order chi connectivity index (χ1) is 10.1. The molecular weight excluding hydrogens is 279 g/mol. The van der Waals surface area contributed by atoms with Crippen molar-refractivity contribution in [3.05, 3.63) is 24.0 Å². The zero-order valence-electron chi connectivity index (χ0n) is 11.7. The van der Waals surface area contributed by atoms with Crippen LogP contribution in [0.3, 0.4) is 0 Å². The second-order valence-corrected chi connectivity index (χ2v) is 5.18. The number of hydrogen-bond acceptors (Lipinski definition) is 5. The van der Waals surface area contributed by atoms with E-state index in [4.69, 9.17) is 9.47 Å². The smallest absolute Gasteiger partial charge is 0.414 e. The van der Waals surface area contributed by atoms with E-state index in [-0.39, 0.29) is 19.3 Å². The van der Waals surface area contributed by atoms with Gasteiger partial charge in [-0.05, 0) is 18.2 Å². The van der Waals surface area contributed by atoms with Crippen molar-refractivity contribution < 1.29 is 23.8 Å². The Labute approximate surface area is 121 Å². The van der Waals surface area contributed by atoms with Crippen LogP contribution in [0.4, 0.5) is 20.6 Å². The van der Waals surface area contributed by atoms with Gasteiger partial charge in [-0.3, -0.25) is 4.90 Å². The van der Waals surface area contributed by atoms with Crippen LogP contribution < -0.4 is 9.80 Å². The number of aliphatic hydroxyl groups is 1. The minimum Gasteiger partial charge on any atom is -0.447 e. The van der Waals surface area contributed by atoms with Crippen molar-refractivity contribution >= 4 is 17.5 Å². The average Bonchev–Trinajstić information content (AvgIpc) is 2.80. The molecule has 6 nitrogen and oxygen atoms in total. The lowest BCUT2D eigenvalue weighted by atomic mass is 10.1. The average molecular weight is 296 g/mol. The Morgan fingerprint density at radius 1 is 1.48 bits per heavy atom. The van der Waals surface area contributed by atoms with Gasteiger partial charge in [0, 0.05) is 20.2 Å². The lowest BCUT2D eigenvalue weighted by Crippen LogP contribution is -2.52. The number of rotatable bonds is 4. The second kappa shape index (κ2) is 5.50. The van der Waals surface area contributed by atoms with Gasteiger partial charge in [-0.2, -0.15) is 0 Å². The van der Waals surface area contributed by atoms with Gasteiger partial charge >= 0.3 is 6.09 Å². The van der Waals surface area contributed by atoms with Gasteiger partial charge in [-0.25, -0.2) is 9.18 Å². The molecule has 0 unspecified atom stereocenters. The number of aliphatic hydroxyl groups excluding tert-OH is 1. The summed E-state index contributed by atoms with van der Waals surface area (Å²) in [6.45, 7) is 1.19. The quantitative estimate of drug-likeness (QED) is 0.897. The maximum absolute atomic E-state index is 14.2. The first-order valence-electron chi connectivity index (χ1n) is 6.78. The fraction of sp³-hybridized carbons (Fsp3) is 0.500. The van der Waals surface area contributed by atoms with Crippen molar-refractivity contribution in [3.8, 4) is 0 Å². The first kappa shape index (κ1) is 14.1. The normalized spacial score (nSPS) is 22.4. The standard InChI is InChI=1S/C14H17FN2O4/c1-20-11-5-16(6-11)13-3-2-9(4-12(13)15)17-10(7-18)8-21-14(17)19/h2-4,10-11,18H,5-8H2,1H3/t10-/m1/s1. The minimum atomic E-state index is -0.565. The zero-order valence-corrected chi connectivity index (χ0v) is 11.7. The van der Waals surface area contributed by atoms with Crippen LogP contribution in [0.15, 0.2) is 18.2 Å². The first-order valence-corrected chi connectivity index (χ1v) is 6.78. The molecule has 0 aromatic heterocycles. The predicted octanol–water partition coefficient (Wildman–Crippen LogP) is 0.978. The number of amides is 1. The van der Waals surface area contributed by atoms with Gasteiger partial charge in [0.25, 0.3) is 0 Å². The number of carbonyl (C=O) groups excluding carboxylic acids is 1. The number of methoxy groups -OCH3 is 1. The van der Waals surface area contributed by atoms with Crippen LogP contribution in [-0.2, 0) is 9.47 Å². The number of carbonyl (C=O) groups is 1. The number of halogens is 1. The van der Waals surface area contributed by atoms with Crippen molar-refractivity contribution in [2.75, 3.05) is 43.2 Å². The Morgan fingerprint density at radius 2 is 2.24 bits per heavy atom. The number of benzene rings is 1. The maximum atomic E-state index is 14.2. The summed E-state index contributed by atoms with van der Waals surface area (Å²) in [6.07, 6.45) is -0.430. The molecule has 2 heterocycles. The van der Waals surface area contributed by atoms with Crippen LogP contribution >= 0.6 is 0 Å². The zero-order chi connectivity index (χ0) is 15.0. The molecule has 2 fully saturated rings. The highest BCUT2D eigenvalue weighted by Crippen LogP contribution is 2.31. The molecule has 0 bridgehead atoms. The van der Waals surface area contributed by atoms with Crippen LogP contribution in [0, 0.1) is 5.82 Å². The Balaban J connectivity index is 1.80. The van der Waals surface area contributed by atoms with E-state index in [0.29, 0.717) is 24.5 Å². The summed E-state index contributed by atoms with van der Waals surface area (Å²) in [7, 11) is 1.63. The van der Waals surface area contributed by atoms with E-state index < -0.39 is 18.0 Å². The van der Waals surface area contributed by atoms with Gasteiger partial charge < -0.3 is 19.5 Å². The van der Waals surface area contributed by atoms with E-state index in [1.807, 2.05) is 4.90 Å². The molecule has 1 atom stereocenters. The van der Waals surface area contributed by atoms with Crippen molar-refractivity contribution in [3.63, 3.8) is 0 Å². The van der Waals surface area contributed by atoms with Crippen LogP contribution in [0.5, 0.6) is 0 Å². The summed E-state index contributed by atoms with van der Waals surface area (Å²) in [5, 5.41) is 9.24. The molecule has 2 aliphatic rings. The Kier molecular flexibility index (Phi) is 3.69. The third-order valence-corrected chi connectivity index (χ3v) is 3.90. The molecule has 1 aromatic carbocycles.